The summed E-state index contributed by atoms with van der Waals surface area (Å²) in [4.78, 5) is 15.8. The van der Waals surface area contributed by atoms with Gasteiger partial charge in [0, 0.05) is 12.6 Å². The number of amides is 1. The number of primary amides is 1. The molecule has 0 aromatic heterocycles. The third kappa shape index (κ3) is 4.26. The van der Waals surface area contributed by atoms with Gasteiger partial charge in [-0.2, -0.15) is 0 Å². The molecule has 4 N–H and O–H groups in total. The molecule has 0 radical (unpaired) electrons. The Balaban J connectivity index is 2.34. The molecule has 1 fully saturated rings. The number of carbonyl (C=O) groups is 1. The maximum absolute atomic E-state index is 11.1. The zero-order valence-electron chi connectivity index (χ0n) is 11.3. The highest BCUT2D eigenvalue weighted by Gasteiger charge is 2.27. The van der Waals surface area contributed by atoms with E-state index < -0.39 is 11.4 Å². The maximum atomic E-state index is 11.1. The van der Waals surface area contributed by atoms with Crippen molar-refractivity contribution in [1.82, 2.24) is 9.80 Å². The number of nitrogens with zero attached hydrogens (tertiary/aromatic N) is 2. The van der Waals surface area contributed by atoms with E-state index in [9.17, 15) is 4.79 Å². The molecule has 1 aliphatic rings. The molecular weight excluding hydrogens is 216 g/mol. The number of piperidine rings is 1. The summed E-state index contributed by atoms with van der Waals surface area (Å²) >= 11 is 0. The molecule has 0 saturated carbocycles. The normalized spacial score (nSPS) is 22.6. The second-order valence-electron chi connectivity index (χ2n) is 5.55. The Kier molecular flexibility index (Phi) is 4.91. The first-order chi connectivity index (χ1) is 7.83. The number of rotatable bonds is 5. The van der Waals surface area contributed by atoms with Crippen LogP contribution in [0.15, 0.2) is 0 Å². The number of likely N-dealkylation sites (tertiary alicyclic amines) is 1. The van der Waals surface area contributed by atoms with Crippen LogP contribution in [0.2, 0.25) is 0 Å². The van der Waals surface area contributed by atoms with E-state index >= 15 is 0 Å². The summed E-state index contributed by atoms with van der Waals surface area (Å²) in [5.41, 5.74) is 10.2. The van der Waals surface area contributed by atoms with Crippen molar-refractivity contribution >= 4 is 5.91 Å². The number of carbonyl (C=O) groups excluding carboxylic acids is 1. The van der Waals surface area contributed by atoms with Gasteiger partial charge in [-0.15, -0.1) is 0 Å². The largest absolute Gasteiger partial charge is 0.368 e. The van der Waals surface area contributed by atoms with E-state index in [0.717, 1.165) is 19.6 Å². The predicted octanol–water partition coefficient (Wildman–Crippen LogP) is -0.395. The summed E-state index contributed by atoms with van der Waals surface area (Å²) in [6, 6.07) is 0.606. The maximum Gasteiger partial charge on any atom is 0.237 e. The smallest absolute Gasteiger partial charge is 0.237 e. The molecule has 100 valence electrons. The van der Waals surface area contributed by atoms with E-state index in [4.69, 9.17) is 11.5 Å². The van der Waals surface area contributed by atoms with Gasteiger partial charge in [0.05, 0.1) is 5.54 Å². The minimum absolute atomic E-state index is 0.422. The number of nitrogens with two attached hydrogens (primary N) is 2. The van der Waals surface area contributed by atoms with Crippen LogP contribution in [0.4, 0.5) is 0 Å². The van der Waals surface area contributed by atoms with E-state index in [2.05, 4.69) is 23.9 Å². The van der Waals surface area contributed by atoms with Gasteiger partial charge in [0.1, 0.15) is 0 Å². The van der Waals surface area contributed by atoms with E-state index in [1.165, 1.54) is 12.8 Å². The molecule has 5 nitrogen and oxygen atoms in total. The van der Waals surface area contributed by atoms with Gasteiger partial charge < -0.3 is 21.3 Å². The predicted molar refractivity (Wildman–Crippen MR) is 69.6 cm³/mol. The lowest BCUT2D eigenvalue weighted by atomic mass is 9.97. The van der Waals surface area contributed by atoms with Crippen LogP contribution in [0, 0.1) is 0 Å². The van der Waals surface area contributed by atoms with Gasteiger partial charge in [-0.3, -0.25) is 4.79 Å². The van der Waals surface area contributed by atoms with E-state index in [0.29, 0.717) is 12.5 Å². The highest BCUT2D eigenvalue weighted by Crippen LogP contribution is 2.15. The monoisotopic (exact) mass is 242 g/mol. The van der Waals surface area contributed by atoms with Gasteiger partial charge in [0.2, 0.25) is 5.91 Å². The highest BCUT2D eigenvalue weighted by atomic mass is 16.1. The summed E-state index contributed by atoms with van der Waals surface area (Å²) in [5, 5.41) is 0. The minimum Gasteiger partial charge on any atom is -0.368 e. The quantitative estimate of drug-likeness (QED) is 0.688. The molecule has 1 rings (SSSR count). The van der Waals surface area contributed by atoms with Crippen molar-refractivity contribution < 1.29 is 4.79 Å². The van der Waals surface area contributed by atoms with Crippen molar-refractivity contribution in [1.29, 1.82) is 0 Å². The molecule has 0 bridgehead atoms. The molecule has 1 unspecified atom stereocenters. The Hall–Kier alpha value is -0.650. The van der Waals surface area contributed by atoms with Crippen LogP contribution in [-0.2, 0) is 4.79 Å². The number of hydrogen-bond acceptors (Lipinski definition) is 4. The second-order valence-corrected chi connectivity index (χ2v) is 5.55. The first kappa shape index (κ1) is 14.4. The summed E-state index contributed by atoms with van der Waals surface area (Å²) in [6.07, 6.45) is 2.99. The molecule has 0 spiro atoms. The van der Waals surface area contributed by atoms with Crippen molar-refractivity contribution in [2.45, 2.75) is 37.8 Å². The summed E-state index contributed by atoms with van der Waals surface area (Å²) in [6.45, 7) is 4.82. The van der Waals surface area contributed by atoms with Crippen LogP contribution in [0.5, 0.6) is 0 Å². The zero-order valence-corrected chi connectivity index (χ0v) is 11.3. The molecular formula is C12H26N4O. The summed E-state index contributed by atoms with van der Waals surface area (Å²) in [5.74, 6) is -0.422. The Morgan fingerprint density at radius 2 is 2.00 bits per heavy atom. The first-order valence-corrected chi connectivity index (χ1v) is 6.30. The zero-order chi connectivity index (χ0) is 13.1. The van der Waals surface area contributed by atoms with Crippen molar-refractivity contribution in [3.05, 3.63) is 0 Å². The fraction of sp³-hybridized carbons (Fsp3) is 0.917. The van der Waals surface area contributed by atoms with Crippen molar-refractivity contribution in [2.75, 3.05) is 33.7 Å². The van der Waals surface area contributed by atoms with Crippen LogP contribution in [0.1, 0.15) is 26.2 Å². The van der Waals surface area contributed by atoms with Crippen LogP contribution in [-0.4, -0.2) is 61.0 Å². The van der Waals surface area contributed by atoms with Gasteiger partial charge in [-0.1, -0.05) is 0 Å². The lowest BCUT2D eigenvalue weighted by molar-refractivity contribution is -0.122. The summed E-state index contributed by atoms with van der Waals surface area (Å²) < 4.78 is 0. The first-order valence-electron chi connectivity index (χ1n) is 6.30. The fourth-order valence-corrected chi connectivity index (χ4v) is 2.15. The van der Waals surface area contributed by atoms with Crippen molar-refractivity contribution in [2.24, 2.45) is 11.5 Å². The third-order valence-electron chi connectivity index (χ3n) is 3.86. The molecule has 0 aromatic rings. The minimum atomic E-state index is -0.889. The molecule has 1 atom stereocenters. The van der Waals surface area contributed by atoms with Crippen LogP contribution in [0.3, 0.4) is 0 Å². The molecule has 1 heterocycles. The molecule has 17 heavy (non-hydrogen) atoms. The fourth-order valence-electron chi connectivity index (χ4n) is 2.15. The van der Waals surface area contributed by atoms with E-state index in [1.807, 2.05) is 0 Å². The Morgan fingerprint density at radius 3 is 2.47 bits per heavy atom. The second kappa shape index (κ2) is 5.80. The number of hydrogen-bond donors (Lipinski definition) is 2. The van der Waals surface area contributed by atoms with Gasteiger partial charge in [-0.25, -0.2) is 0 Å². The van der Waals surface area contributed by atoms with E-state index in [-0.39, 0.29) is 0 Å². The average Bonchev–Trinajstić information content (AvgIpc) is 2.27. The lowest BCUT2D eigenvalue weighted by Crippen LogP contribution is -2.52. The SMILES string of the molecule is CN1CCC(N(C)CCC(C)(N)C(N)=O)CC1. The van der Waals surface area contributed by atoms with Crippen molar-refractivity contribution in [3.8, 4) is 0 Å². The molecule has 1 saturated heterocycles. The molecule has 1 amide bonds. The van der Waals surface area contributed by atoms with Crippen LogP contribution in [0.25, 0.3) is 0 Å². The Morgan fingerprint density at radius 1 is 1.47 bits per heavy atom. The standard InChI is InChI=1S/C12H26N4O/c1-12(14,11(13)17)6-9-16(3)10-4-7-15(2)8-5-10/h10H,4-9,14H2,1-3H3,(H2,13,17). The van der Waals surface area contributed by atoms with Gasteiger partial charge in [-0.05, 0) is 53.4 Å². The molecule has 0 aromatic carbocycles. The van der Waals surface area contributed by atoms with Gasteiger partial charge in [0.15, 0.2) is 0 Å². The Bertz CT molecular complexity index is 259. The average molecular weight is 242 g/mol. The summed E-state index contributed by atoms with van der Waals surface area (Å²) in [7, 11) is 4.26. The third-order valence-corrected chi connectivity index (χ3v) is 3.86. The van der Waals surface area contributed by atoms with Gasteiger partial charge in [0.25, 0.3) is 0 Å². The lowest BCUT2D eigenvalue weighted by Gasteiger charge is -2.36. The van der Waals surface area contributed by atoms with E-state index in [1.54, 1.807) is 6.92 Å². The van der Waals surface area contributed by atoms with Crippen LogP contribution >= 0.6 is 0 Å². The Labute approximate surface area is 104 Å². The van der Waals surface area contributed by atoms with Gasteiger partial charge >= 0.3 is 0 Å². The van der Waals surface area contributed by atoms with Crippen molar-refractivity contribution in [3.63, 3.8) is 0 Å². The molecule has 5 heteroatoms. The topological polar surface area (TPSA) is 75.6 Å². The molecule has 1 aliphatic heterocycles. The van der Waals surface area contributed by atoms with Crippen LogP contribution < -0.4 is 11.5 Å². The molecule has 0 aliphatic carbocycles. The highest BCUT2D eigenvalue weighted by molar-refractivity contribution is 5.83.